The lowest BCUT2D eigenvalue weighted by molar-refractivity contribution is -0.142. The van der Waals surface area contributed by atoms with E-state index in [1.165, 1.54) is 0 Å². The molecule has 1 aliphatic carbocycles. The van der Waals surface area contributed by atoms with E-state index in [2.05, 4.69) is 22.8 Å². The summed E-state index contributed by atoms with van der Waals surface area (Å²) in [6.07, 6.45) is -0.0367. The van der Waals surface area contributed by atoms with Crippen LogP contribution >= 0.6 is 0 Å². The number of carbonyl (C=O) groups is 3. The lowest BCUT2D eigenvalue weighted by atomic mass is 9.97. The van der Waals surface area contributed by atoms with E-state index < -0.39 is 36.0 Å². The molecule has 1 aliphatic heterocycles. The highest BCUT2D eigenvalue weighted by molar-refractivity contribution is 5.87. The van der Waals surface area contributed by atoms with Crippen molar-refractivity contribution in [1.29, 1.82) is 0 Å². The van der Waals surface area contributed by atoms with Crippen molar-refractivity contribution in [1.82, 2.24) is 10.6 Å². The second kappa shape index (κ2) is 10.3. The number of hydrogen-bond acceptors (Lipinski definition) is 5. The summed E-state index contributed by atoms with van der Waals surface area (Å²) in [6.45, 7) is 4.10. The Morgan fingerprint density at radius 3 is 2.26 bits per heavy atom. The maximum Gasteiger partial charge on any atom is 0.407 e. The normalized spacial score (nSPS) is 20.6. The van der Waals surface area contributed by atoms with Crippen LogP contribution in [0.2, 0.25) is 0 Å². The van der Waals surface area contributed by atoms with E-state index in [4.69, 9.17) is 9.47 Å². The van der Waals surface area contributed by atoms with Crippen molar-refractivity contribution < 1.29 is 29.0 Å². The van der Waals surface area contributed by atoms with Crippen LogP contribution in [0.4, 0.5) is 4.79 Å². The first-order valence-corrected chi connectivity index (χ1v) is 11.6. The molecule has 0 bridgehead atoms. The summed E-state index contributed by atoms with van der Waals surface area (Å²) in [5.74, 6) is -2.53. The number of fused-ring (bicyclic) bond motifs is 3. The number of alkyl carbamates (subject to hydrolysis) is 1. The Morgan fingerprint density at radius 1 is 1.06 bits per heavy atom. The number of carboxylic acid groups (broad SMARTS) is 1. The summed E-state index contributed by atoms with van der Waals surface area (Å²) in [5, 5.41) is 14.8. The van der Waals surface area contributed by atoms with Gasteiger partial charge in [-0.3, -0.25) is 9.59 Å². The van der Waals surface area contributed by atoms with Gasteiger partial charge in [0.25, 0.3) is 0 Å². The van der Waals surface area contributed by atoms with Gasteiger partial charge >= 0.3 is 12.1 Å². The molecule has 2 aliphatic rings. The highest BCUT2D eigenvalue weighted by Crippen LogP contribution is 2.44. The number of rotatable bonds is 8. The van der Waals surface area contributed by atoms with Gasteiger partial charge in [0.05, 0.1) is 19.3 Å². The monoisotopic (exact) mass is 466 g/mol. The van der Waals surface area contributed by atoms with E-state index in [0.29, 0.717) is 6.42 Å². The molecule has 2 aromatic rings. The Hall–Kier alpha value is -3.39. The number of aliphatic carboxylic acids is 1. The summed E-state index contributed by atoms with van der Waals surface area (Å²) in [7, 11) is 0. The first-order valence-electron chi connectivity index (χ1n) is 11.6. The summed E-state index contributed by atoms with van der Waals surface area (Å²) in [5.41, 5.74) is 4.48. The van der Waals surface area contributed by atoms with Crippen molar-refractivity contribution in [3.63, 3.8) is 0 Å². The Balaban J connectivity index is 1.41. The largest absolute Gasteiger partial charge is 0.481 e. The third-order valence-electron chi connectivity index (χ3n) is 6.84. The molecule has 1 fully saturated rings. The lowest BCUT2D eigenvalue weighted by Crippen LogP contribution is -2.54. The van der Waals surface area contributed by atoms with E-state index >= 15 is 0 Å². The van der Waals surface area contributed by atoms with Crippen LogP contribution in [-0.4, -0.2) is 55.0 Å². The van der Waals surface area contributed by atoms with E-state index in [0.717, 1.165) is 22.3 Å². The Bertz CT molecular complexity index is 1030. The van der Waals surface area contributed by atoms with E-state index in [1.807, 2.05) is 50.2 Å². The Morgan fingerprint density at radius 2 is 1.68 bits per heavy atom. The van der Waals surface area contributed by atoms with Gasteiger partial charge in [-0.15, -0.1) is 0 Å². The molecule has 2 amide bonds. The molecule has 8 nitrogen and oxygen atoms in total. The summed E-state index contributed by atoms with van der Waals surface area (Å²) in [4.78, 5) is 37.1. The van der Waals surface area contributed by atoms with Crippen molar-refractivity contribution in [2.75, 3.05) is 19.8 Å². The van der Waals surface area contributed by atoms with E-state index in [9.17, 15) is 19.5 Å². The van der Waals surface area contributed by atoms with Crippen LogP contribution in [-0.2, 0) is 19.1 Å². The molecule has 0 saturated carbocycles. The molecule has 2 aromatic carbocycles. The topological polar surface area (TPSA) is 114 Å². The highest BCUT2D eigenvalue weighted by Gasteiger charge is 2.37. The third kappa shape index (κ3) is 4.77. The zero-order chi connectivity index (χ0) is 24.2. The van der Waals surface area contributed by atoms with Crippen LogP contribution in [0.5, 0.6) is 0 Å². The fourth-order valence-electron chi connectivity index (χ4n) is 4.68. The number of carbonyl (C=O) groups excluding carboxylic acids is 2. The molecule has 3 N–H and O–H groups in total. The molecular weight excluding hydrogens is 436 g/mol. The second-order valence-electron chi connectivity index (χ2n) is 8.93. The van der Waals surface area contributed by atoms with Crippen molar-refractivity contribution in [3.8, 4) is 11.1 Å². The minimum absolute atomic E-state index is 0.0497. The van der Waals surface area contributed by atoms with Crippen LogP contribution < -0.4 is 10.6 Å². The number of nitrogens with one attached hydrogen (secondary N) is 2. The maximum atomic E-state index is 13.0. The molecule has 180 valence electrons. The van der Waals surface area contributed by atoms with Gasteiger partial charge in [0.2, 0.25) is 5.91 Å². The fraction of sp³-hybridized carbons (Fsp3) is 0.423. The van der Waals surface area contributed by atoms with Gasteiger partial charge in [0.1, 0.15) is 18.6 Å². The van der Waals surface area contributed by atoms with Crippen LogP contribution in [0.3, 0.4) is 0 Å². The third-order valence-corrected chi connectivity index (χ3v) is 6.84. The SMILES string of the molecule is CCC(C)C(NC(=O)OCC1c2ccccc2-c2ccccc21)C(=O)NC1COCC1C(=O)O. The zero-order valence-corrected chi connectivity index (χ0v) is 19.3. The fourth-order valence-corrected chi connectivity index (χ4v) is 4.68. The summed E-state index contributed by atoms with van der Waals surface area (Å²) in [6, 6.07) is 14.6. The van der Waals surface area contributed by atoms with Gasteiger partial charge in [-0.25, -0.2) is 4.79 Å². The Kier molecular flexibility index (Phi) is 7.17. The number of ether oxygens (including phenoxy) is 2. The number of hydrogen-bond donors (Lipinski definition) is 3. The van der Waals surface area contributed by atoms with Crippen molar-refractivity contribution >= 4 is 18.0 Å². The van der Waals surface area contributed by atoms with Gasteiger partial charge in [-0.05, 0) is 28.2 Å². The summed E-state index contributed by atoms with van der Waals surface area (Å²) < 4.78 is 10.8. The van der Waals surface area contributed by atoms with Crippen molar-refractivity contribution in [2.24, 2.45) is 11.8 Å². The van der Waals surface area contributed by atoms with Gasteiger partial charge in [0.15, 0.2) is 0 Å². The molecule has 34 heavy (non-hydrogen) atoms. The molecule has 0 radical (unpaired) electrons. The number of benzene rings is 2. The van der Waals surface area contributed by atoms with Gasteiger partial charge < -0.3 is 25.2 Å². The quantitative estimate of drug-likeness (QED) is 0.551. The minimum atomic E-state index is -1.02. The van der Waals surface area contributed by atoms with Crippen LogP contribution in [0.1, 0.15) is 37.3 Å². The molecule has 1 heterocycles. The van der Waals surface area contributed by atoms with Crippen LogP contribution in [0.25, 0.3) is 11.1 Å². The minimum Gasteiger partial charge on any atom is -0.481 e. The van der Waals surface area contributed by atoms with Crippen molar-refractivity contribution in [2.45, 2.75) is 38.3 Å². The molecule has 4 atom stereocenters. The predicted octanol–water partition coefficient (Wildman–Crippen LogP) is 3.16. The van der Waals surface area contributed by atoms with Crippen LogP contribution in [0, 0.1) is 11.8 Å². The molecule has 1 saturated heterocycles. The van der Waals surface area contributed by atoms with Gasteiger partial charge in [-0.1, -0.05) is 68.8 Å². The standard InChI is InChI=1S/C26H30N2O6/c1-3-15(2)23(24(29)27-22-14-33-12-21(22)25(30)31)28-26(32)34-13-20-18-10-6-4-8-16(18)17-9-5-7-11-19(17)20/h4-11,15,20-23H,3,12-14H2,1-2H3,(H,27,29)(H,28,32)(H,30,31). The lowest BCUT2D eigenvalue weighted by Gasteiger charge is -2.26. The first kappa shape index (κ1) is 23.8. The molecule has 8 heteroatoms. The smallest absolute Gasteiger partial charge is 0.407 e. The average molecular weight is 467 g/mol. The Labute approximate surface area is 198 Å². The molecule has 4 rings (SSSR count). The molecule has 4 unspecified atom stereocenters. The van der Waals surface area contributed by atoms with Crippen LogP contribution in [0.15, 0.2) is 48.5 Å². The number of amides is 2. The second-order valence-corrected chi connectivity index (χ2v) is 8.93. The van der Waals surface area contributed by atoms with Crippen molar-refractivity contribution in [3.05, 3.63) is 59.7 Å². The van der Waals surface area contributed by atoms with Gasteiger partial charge in [0, 0.05) is 5.92 Å². The predicted molar refractivity (Wildman–Crippen MR) is 125 cm³/mol. The van der Waals surface area contributed by atoms with E-state index in [-0.39, 0.29) is 31.7 Å². The molecule has 0 spiro atoms. The highest BCUT2D eigenvalue weighted by atomic mass is 16.5. The van der Waals surface area contributed by atoms with Gasteiger partial charge in [-0.2, -0.15) is 0 Å². The molecule has 0 aromatic heterocycles. The first-order chi connectivity index (χ1) is 16.4. The van der Waals surface area contributed by atoms with E-state index in [1.54, 1.807) is 0 Å². The molecular formula is C26H30N2O6. The zero-order valence-electron chi connectivity index (χ0n) is 19.3. The summed E-state index contributed by atoms with van der Waals surface area (Å²) >= 11 is 0. The number of carboxylic acids is 1. The maximum absolute atomic E-state index is 13.0. The average Bonchev–Trinajstić information content (AvgIpc) is 3.43.